The summed E-state index contributed by atoms with van der Waals surface area (Å²) in [4.78, 5) is 26.5. The minimum atomic E-state index is -3.89. The molecule has 0 radical (unpaired) electrons. The summed E-state index contributed by atoms with van der Waals surface area (Å²) in [6.45, 7) is 3.60. The number of rotatable bonds is 10. The summed E-state index contributed by atoms with van der Waals surface area (Å²) in [5.41, 5.74) is 5.87. The second kappa shape index (κ2) is 11.2. The smallest absolute Gasteiger partial charge is 0.345 e. The van der Waals surface area contributed by atoms with Gasteiger partial charge in [0, 0.05) is 6.54 Å². The Morgan fingerprint density at radius 2 is 1.69 bits per heavy atom. The molecule has 1 fully saturated rings. The molecule has 1 saturated heterocycles. The normalized spacial score (nSPS) is 15.3. The van der Waals surface area contributed by atoms with E-state index in [2.05, 4.69) is 9.62 Å². The SMILES string of the molecule is N[C@H](CC(=O)OC(=O)c1ccc(OCCN2CCCC2)cc1)NS(=O)(=O)c1ccccc1. The lowest BCUT2D eigenvalue weighted by Crippen LogP contribution is -2.43. The van der Waals surface area contributed by atoms with Crippen molar-refractivity contribution in [2.45, 2.75) is 30.3 Å². The lowest BCUT2D eigenvalue weighted by molar-refractivity contribution is -0.138. The first-order valence-corrected chi connectivity index (χ1v) is 11.8. The van der Waals surface area contributed by atoms with Gasteiger partial charge in [-0.1, -0.05) is 18.2 Å². The summed E-state index contributed by atoms with van der Waals surface area (Å²) in [5.74, 6) is -1.18. The molecule has 1 aliphatic heterocycles. The van der Waals surface area contributed by atoms with Crippen LogP contribution in [0.1, 0.15) is 29.6 Å². The number of nitrogens with two attached hydrogens (primary N) is 1. The van der Waals surface area contributed by atoms with E-state index in [-0.39, 0.29) is 10.5 Å². The van der Waals surface area contributed by atoms with Crippen LogP contribution in [0.4, 0.5) is 0 Å². The van der Waals surface area contributed by atoms with Crippen molar-refractivity contribution >= 4 is 22.0 Å². The summed E-state index contributed by atoms with van der Waals surface area (Å²) in [5, 5.41) is 0. The maximum absolute atomic E-state index is 12.2. The van der Waals surface area contributed by atoms with E-state index < -0.39 is 34.5 Å². The second-order valence-corrected chi connectivity index (χ2v) is 9.14. The fourth-order valence-corrected chi connectivity index (χ4v) is 4.41. The third-order valence-electron chi connectivity index (χ3n) is 4.92. The van der Waals surface area contributed by atoms with E-state index in [1.165, 1.54) is 37.1 Å². The number of likely N-dealkylation sites (tertiary alicyclic amines) is 1. The Bertz CT molecular complexity index is 1010. The first-order valence-electron chi connectivity index (χ1n) is 10.4. The van der Waals surface area contributed by atoms with Gasteiger partial charge in [-0.25, -0.2) is 13.2 Å². The van der Waals surface area contributed by atoms with E-state index in [1.54, 1.807) is 30.3 Å². The number of benzene rings is 2. The van der Waals surface area contributed by atoms with Crippen molar-refractivity contribution in [3.05, 3.63) is 60.2 Å². The average molecular weight is 462 g/mol. The highest BCUT2D eigenvalue weighted by Crippen LogP contribution is 2.14. The third kappa shape index (κ3) is 7.13. The molecule has 32 heavy (non-hydrogen) atoms. The molecule has 0 spiro atoms. The van der Waals surface area contributed by atoms with Gasteiger partial charge in [0.2, 0.25) is 10.0 Å². The lowest BCUT2D eigenvalue weighted by Gasteiger charge is -2.15. The Balaban J connectivity index is 1.43. The van der Waals surface area contributed by atoms with Gasteiger partial charge in [-0.3, -0.25) is 9.69 Å². The predicted molar refractivity (Wildman–Crippen MR) is 117 cm³/mol. The lowest BCUT2D eigenvalue weighted by atomic mass is 10.2. The zero-order chi connectivity index (χ0) is 23.0. The molecule has 3 rings (SSSR count). The van der Waals surface area contributed by atoms with Gasteiger partial charge in [0.15, 0.2) is 0 Å². The van der Waals surface area contributed by atoms with E-state index in [0.717, 1.165) is 19.6 Å². The number of nitrogens with one attached hydrogen (secondary N) is 1. The van der Waals surface area contributed by atoms with Crippen molar-refractivity contribution in [1.29, 1.82) is 0 Å². The summed E-state index contributed by atoms with van der Waals surface area (Å²) >= 11 is 0. The van der Waals surface area contributed by atoms with Crippen LogP contribution in [0.25, 0.3) is 0 Å². The third-order valence-corrected chi connectivity index (χ3v) is 6.42. The largest absolute Gasteiger partial charge is 0.492 e. The fourth-order valence-electron chi connectivity index (χ4n) is 3.28. The molecule has 1 aliphatic rings. The predicted octanol–water partition coefficient (Wildman–Crippen LogP) is 1.50. The second-order valence-electron chi connectivity index (χ2n) is 7.43. The van der Waals surface area contributed by atoms with E-state index in [4.69, 9.17) is 15.2 Å². The molecule has 1 atom stereocenters. The molecule has 0 aliphatic carbocycles. The Kier molecular flexibility index (Phi) is 8.34. The van der Waals surface area contributed by atoms with Crippen molar-refractivity contribution in [1.82, 2.24) is 9.62 Å². The Morgan fingerprint density at radius 3 is 2.34 bits per heavy atom. The number of carbonyl (C=O) groups is 2. The molecule has 2 aromatic rings. The van der Waals surface area contributed by atoms with Crippen molar-refractivity contribution in [2.75, 3.05) is 26.2 Å². The van der Waals surface area contributed by atoms with Gasteiger partial charge in [-0.05, 0) is 62.3 Å². The van der Waals surface area contributed by atoms with E-state index in [0.29, 0.717) is 12.4 Å². The van der Waals surface area contributed by atoms with Crippen LogP contribution in [0.2, 0.25) is 0 Å². The van der Waals surface area contributed by atoms with Gasteiger partial charge >= 0.3 is 11.9 Å². The Labute approximate surface area is 187 Å². The van der Waals surface area contributed by atoms with Gasteiger partial charge in [-0.15, -0.1) is 0 Å². The summed E-state index contributed by atoms with van der Waals surface area (Å²) in [6, 6.07) is 13.9. The molecule has 10 heteroatoms. The van der Waals surface area contributed by atoms with Crippen LogP contribution in [0, 0.1) is 0 Å². The number of sulfonamides is 1. The van der Waals surface area contributed by atoms with Crippen molar-refractivity contribution in [2.24, 2.45) is 5.73 Å². The van der Waals surface area contributed by atoms with Crippen LogP contribution in [-0.2, 0) is 19.6 Å². The highest BCUT2D eigenvalue weighted by Gasteiger charge is 2.21. The molecule has 0 saturated carbocycles. The van der Waals surface area contributed by atoms with Crippen molar-refractivity contribution in [3.8, 4) is 5.75 Å². The van der Waals surface area contributed by atoms with Crippen LogP contribution in [-0.4, -0.2) is 57.7 Å². The number of ether oxygens (including phenoxy) is 2. The zero-order valence-corrected chi connectivity index (χ0v) is 18.4. The molecule has 0 bridgehead atoms. The van der Waals surface area contributed by atoms with Crippen molar-refractivity contribution < 1.29 is 27.5 Å². The summed E-state index contributed by atoms with van der Waals surface area (Å²) in [7, 11) is -3.89. The summed E-state index contributed by atoms with van der Waals surface area (Å²) < 4.78 is 37.1. The number of esters is 2. The van der Waals surface area contributed by atoms with Gasteiger partial charge in [0.25, 0.3) is 0 Å². The van der Waals surface area contributed by atoms with Crippen LogP contribution in [0.3, 0.4) is 0 Å². The van der Waals surface area contributed by atoms with Gasteiger partial charge in [0.05, 0.1) is 23.0 Å². The maximum Gasteiger partial charge on any atom is 0.345 e. The van der Waals surface area contributed by atoms with E-state index >= 15 is 0 Å². The molecule has 0 unspecified atom stereocenters. The number of hydrogen-bond acceptors (Lipinski definition) is 8. The molecule has 2 aromatic carbocycles. The Morgan fingerprint density at radius 1 is 1.03 bits per heavy atom. The number of nitrogens with zero attached hydrogens (tertiary/aromatic N) is 1. The minimum absolute atomic E-state index is 0.0163. The van der Waals surface area contributed by atoms with E-state index in [1.807, 2.05) is 0 Å². The molecule has 9 nitrogen and oxygen atoms in total. The molecular weight excluding hydrogens is 434 g/mol. The van der Waals surface area contributed by atoms with Crippen LogP contribution >= 0.6 is 0 Å². The number of carbonyl (C=O) groups excluding carboxylic acids is 2. The molecule has 1 heterocycles. The standard InChI is InChI=1S/C22H27N3O6S/c23-20(24-32(28,29)19-6-2-1-3-7-19)16-21(26)31-22(27)17-8-10-18(11-9-17)30-15-14-25-12-4-5-13-25/h1-3,6-11,20,24H,4-5,12-16,23H2/t20-/m0/s1. The van der Waals surface area contributed by atoms with Crippen LogP contribution in [0.15, 0.2) is 59.5 Å². The average Bonchev–Trinajstić information content (AvgIpc) is 3.28. The van der Waals surface area contributed by atoms with Crippen LogP contribution in [0.5, 0.6) is 5.75 Å². The highest BCUT2D eigenvalue weighted by atomic mass is 32.2. The molecule has 3 N–H and O–H groups in total. The monoisotopic (exact) mass is 461 g/mol. The maximum atomic E-state index is 12.2. The van der Waals surface area contributed by atoms with Gasteiger partial charge in [-0.2, -0.15) is 4.72 Å². The van der Waals surface area contributed by atoms with Crippen LogP contribution < -0.4 is 15.2 Å². The molecular formula is C22H27N3O6S. The zero-order valence-electron chi connectivity index (χ0n) is 17.6. The first kappa shape index (κ1) is 23.9. The van der Waals surface area contributed by atoms with Gasteiger partial charge in [0.1, 0.15) is 12.4 Å². The number of hydrogen-bond donors (Lipinski definition) is 2. The quantitative estimate of drug-likeness (QED) is 0.309. The Hall–Kier alpha value is -2.79. The molecule has 0 aromatic heterocycles. The topological polar surface area (TPSA) is 128 Å². The fraction of sp³-hybridized carbons (Fsp3) is 0.364. The van der Waals surface area contributed by atoms with Gasteiger partial charge < -0.3 is 15.2 Å². The summed E-state index contributed by atoms with van der Waals surface area (Å²) in [6.07, 6.45) is 0.695. The van der Waals surface area contributed by atoms with E-state index in [9.17, 15) is 18.0 Å². The first-order chi connectivity index (χ1) is 15.3. The van der Waals surface area contributed by atoms with Crippen molar-refractivity contribution in [3.63, 3.8) is 0 Å². The highest BCUT2D eigenvalue weighted by molar-refractivity contribution is 7.89. The molecule has 172 valence electrons. The molecule has 0 amide bonds. The minimum Gasteiger partial charge on any atom is -0.492 e.